The maximum absolute atomic E-state index is 13.1. The number of rotatable bonds is 3. The van der Waals surface area contributed by atoms with Gasteiger partial charge in [0.05, 0.1) is 25.1 Å². The minimum atomic E-state index is -1.08. The summed E-state index contributed by atoms with van der Waals surface area (Å²) in [6.07, 6.45) is 1.84. The molecule has 0 bridgehead atoms. The van der Waals surface area contributed by atoms with Gasteiger partial charge in [-0.05, 0) is 18.2 Å². The second-order valence-corrected chi connectivity index (χ2v) is 5.83. The lowest BCUT2D eigenvalue weighted by Crippen LogP contribution is -2.38. The third kappa shape index (κ3) is 1.77. The zero-order valence-electron chi connectivity index (χ0n) is 13.1. The van der Waals surface area contributed by atoms with Crippen molar-refractivity contribution >= 4 is 22.4 Å². The van der Waals surface area contributed by atoms with Gasteiger partial charge in [-0.3, -0.25) is 4.79 Å². The maximum Gasteiger partial charge on any atom is 0.195 e. The van der Waals surface area contributed by atoms with Crippen LogP contribution in [0.5, 0.6) is 5.75 Å². The Kier molecular flexibility index (Phi) is 3.07. The number of ketones is 1. The van der Waals surface area contributed by atoms with E-state index in [4.69, 9.17) is 4.74 Å². The number of para-hydroxylation sites is 2. The lowest BCUT2D eigenvalue weighted by atomic mass is 9.83. The Labute approximate surface area is 138 Å². The molecular formula is C19H15N3O2. The van der Waals surface area contributed by atoms with Crippen LogP contribution in [0.4, 0.5) is 5.69 Å². The summed E-state index contributed by atoms with van der Waals surface area (Å²) in [7, 11) is 1.61. The van der Waals surface area contributed by atoms with Crippen molar-refractivity contribution in [3.8, 4) is 11.8 Å². The number of H-pyrrole nitrogens is 1. The molecule has 1 aliphatic heterocycles. The van der Waals surface area contributed by atoms with Crippen LogP contribution in [-0.2, 0) is 5.54 Å². The van der Waals surface area contributed by atoms with Crippen molar-refractivity contribution in [1.29, 1.82) is 5.26 Å². The molecule has 4 rings (SSSR count). The number of Topliss-reactive ketones (excluding diaryl/α,β-unsaturated/α-hetero) is 1. The summed E-state index contributed by atoms with van der Waals surface area (Å²) in [6.45, 7) is 0. The highest BCUT2D eigenvalue weighted by atomic mass is 16.5. The SMILES string of the molecule is COc1cccc2c(C3(CC#N)Nc4ccccc4C3=O)c[nH]c12. The van der Waals surface area contributed by atoms with Gasteiger partial charge in [0.2, 0.25) is 0 Å². The zero-order valence-corrected chi connectivity index (χ0v) is 13.1. The fourth-order valence-corrected chi connectivity index (χ4v) is 3.48. The van der Waals surface area contributed by atoms with E-state index in [0.29, 0.717) is 11.3 Å². The molecule has 0 saturated heterocycles. The summed E-state index contributed by atoms with van der Waals surface area (Å²) < 4.78 is 5.38. The summed E-state index contributed by atoms with van der Waals surface area (Å²) in [5, 5.41) is 13.6. The predicted molar refractivity (Wildman–Crippen MR) is 91.2 cm³/mol. The van der Waals surface area contributed by atoms with Crippen LogP contribution in [0.15, 0.2) is 48.7 Å². The van der Waals surface area contributed by atoms with Gasteiger partial charge in [0.1, 0.15) is 11.3 Å². The zero-order chi connectivity index (χ0) is 16.7. The lowest BCUT2D eigenvalue weighted by molar-refractivity contribution is 0.0920. The first-order chi connectivity index (χ1) is 11.7. The third-order valence-corrected chi connectivity index (χ3v) is 4.61. The maximum atomic E-state index is 13.1. The summed E-state index contributed by atoms with van der Waals surface area (Å²) >= 11 is 0. The van der Waals surface area contributed by atoms with Crippen LogP contribution in [0.1, 0.15) is 22.3 Å². The highest BCUT2D eigenvalue weighted by Gasteiger charge is 2.48. The molecule has 5 nitrogen and oxygen atoms in total. The molecule has 1 aliphatic rings. The van der Waals surface area contributed by atoms with Gasteiger partial charge in [-0.15, -0.1) is 0 Å². The summed E-state index contributed by atoms with van der Waals surface area (Å²) in [4.78, 5) is 16.3. The molecule has 0 radical (unpaired) electrons. The average molecular weight is 317 g/mol. The van der Waals surface area contributed by atoms with Crippen molar-refractivity contribution in [2.24, 2.45) is 0 Å². The second kappa shape index (κ2) is 5.14. The molecule has 0 amide bonds. The Morgan fingerprint density at radius 2 is 2.04 bits per heavy atom. The molecule has 1 aromatic heterocycles. The molecule has 24 heavy (non-hydrogen) atoms. The van der Waals surface area contributed by atoms with E-state index in [1.807, 2.05) is 36.4 Å². The monoisotopic (exact) mass is 317 g/mol. The Morgan fingerprint density at radius 3 is 2.79 bits per heavy atom. The van der Waals surface area contributed by atoms with Crippen LogP contribution in [-0.4, -0.2) is 17.9 Å². The number of nitrogens with one attached hydrogen (secondary N) is 2. The number of ether oxygens (including phenoxy) is 1. The summed E-state index contributed by atoms with van der Waals surface area (Å²) in [5.74, 6) is 0.622. The van der Waals surface area contributed by atoms with E-state index < -0.39 is 5.54 Å². The number of benzene rings is 2. The van der Waals surface area contributed by atoms with Gasteiger partial charge in [0.15, 0.2) is 5.78 Å². The second-order valence-electron chi connectivity index (χ2n) is 5.83. The average Bonchev–Trinajstić information content (AvgIpc) is 3.16. The van der Waals surface area contributed by atoms with Crippen molar-refractivity contribution in [2.75, 3.05) is 12.4 Å². The normalized spacial score (nSPS) is 18.9. The van der Waals surface area contributed by atoms with Gasteiger partial charge < -0.3 is 15.0 Å². The smallest absolute Gasteiger partial charge is 0.195 e. The number of hydrogen-bond acceptors (Lipinski definition) is 4. The number of carbonyl (C=O) groups is 1. The van der Waals surface area contributed by atoms with E-state index in [1.165, 1.54) is 0 Å². The number of hydrogen-bond donors (Lipinski definition) is 2. The highest BCUT2D eigenvalue weighted by Crippen LogP contribution is 2.44. The summed E-state index contributed by atoms with van der Waals surface area (Å²) in [6, 6.07) is 15.2. The Bertz CT molecular complexity index is 999. The number of aromatic amines is 1. The van der Waals surface area contributed by atoms with Crippen LogP contribution in [0.2, 0.25) is 0 Å². The molecule has 2 N–H and O–H groups in total. The van der Waals surface area contributed by atoms with Gasteiger partial charge in [0, 0.05) is 28.4 Å². The van der Waals surface area contributed by atoms with Crippen molar-refractivity contribution in [2.45, 2.75) is 12.0 Å². The fraction of sp³-hybridized carbons (Fsp3) is 0.158. The molecule has 2 heterocycles. The molecule has 0 aliphatic carbocycles. The van der Waals surface area contributed by atoms with Crippen LogP contribution < -0.4 is 10.1 Å². The van der Waals surface area contributed by atoms with Gasteiger partial charge in [-0.2, -0.15) is 5.26 Å². The molecule has 0 fully saturated rings. The fourth-order valence-electron chi connectivity index (χ4n) is 3.48. The first-order valence-corrected chi connectivity index (χ1v) is 7.65. The number of nitriles is 1. The van der Waals surface area contributed by atoms with E-state index in [9.17, 15) is 10.1 Å². The first-order valence-electron chi connectivity index (χ1n) is 7.65. The lowest BCUT2D eigenvalue weighted by Gasteiger charge is -2.25. The number of anilines is 1. The number of fused-ring (bicyclic) bond motifs is 2. The minimum Gasteiger partial charge on any atom is -0.495 e. The molecule has 1 unspecified atom stereocenters. The number of aromatic nitrogens is 1. The van der Waals surface area contributed by atoms with Gasteiger partial charge >= 0.3 is 0 Å². The summed E-state index contributed by atoms with van der Waals surface area (Å²) in [5.41, 5.74) is 1.88. The van der Waals surface area contributed by atoms with Crippen molar-refractivity contribution < 1.29 is 9.53 Å². The quantitative estimate of drug-likeness (QED) is 0.774. The molecule has 118 valence electrons. The molecule has 2 aromatic carbocycles. The van der Waals surface area contributed by atoms with Crippen molar-refractivity contribution in [3.63, 3.8) is 0 Å². The van der Waals surface area contributed by atoms with Crippen LogP contribution in [0.3, 0.4) is 0 Å². The molecule has 3 aromatic rings. The van der Waals surface area contributed by atoms with E-state index >= 15 is 0 Å². The van der Waals surface area contributed by atoms with E-state index in [2.05, 4.69) is 16.4 Å². The highest BCUT2D eigenvalue weighted by molar-refractivity contribution is 6.15. The van der Waals surface area contributed by atoms with Gasteiger partial charge in [-0.1, -0.05) is 24.3 Å². The van der Waals surface area contributed by atoms with Crippen molar-refractivity contribution in [1.82, 2.24) is 4.98 Å². The van der Waals surface area contributed by atoms with Crippen LogP contribution in [0, 0.1) is 11.3 Å². The molecule has 1 atom stereocenters. The third-order valence-electron chi connectivity index (χ3n) is 4.61. The molecule has 5 heteroatoms. The topological polar surface area (TPSA) is 77.9 Å². The van der Waals surface area contributed by atoms with Crippen molar-refractivity contribution in [3.05, 3.63) is 59.8 Å². The molecule has 0 spiro atoms. The van der Waals surface area contributed by atoms with E-state index in [1.54, 1.807) is 19.4 Å². The van der Waals surface area contributed by atoms with Crippen LogP contribution in [0.25, 0.3) is 10.9 Å². The predicted octanol–water partition coefficient (Wildman–Crippen LogP) is 3.59. The Morgan fingerprint density at radius 1 is 1.21 bits per heavy atom. The number of nitrogens with zero attached hydrogens (tertiary/aromatic N) is 1. The minimum absolute atomic E-state index is 0.0463. The molecule has 0 saturated carbocycles. The first kappa shape index (κ1) is 14.3. The molecular weight excluding hydrogens is 302 g/mol. The van der Waals surface area contributed by atoms with Crippen LogP contribution >= 0.6 is 0 Å². The number of methoxy groups -OCH3 is 1. The standard InChI is InChI=1S/C19H15N3O2/c1-24-16-8-4-6-12-14(11-21-17(12)16)19(9-10-20)18(23)13-5-2-3-7-15(13)22-19/h2-8,11,21-22H,9H2,1H3. The van der Waals surface area contributed by atoms with E-state index in [0.717, 1.165) is 22.2 Å². The van der Waals surface area contributed by atoms with Gasteiger partial charge in [-0.25, -0.2) is 0 Å². The van der Waals surface area contributed by atoms with E-state index in [-0.39, 0.29) is 12.2 Å². The largest absolute Gasteiger partial charge is 0.495 e. The Hall–Kier alpha value is -3.26. The number of carbonyl (C=O) groups excluding carboxylic acids is 1. The van der Waals surface area contributed by atoms with Gasteiger partial charge in [0.25, 0.3) is 0 Å². The Balaban J connectivity index is 1.96.